The summed E-state index contributed by atoms with van der Waals surface area (Å²) in [5.41, 5.74) is 1.01. The van der Waals surface area contributed by atoms with Crippen molar-refractivity contribution >= 4 is 16.3 Å². The van der Waals surface area contributed by atoms with Gasteiger partial charge < -0.3 is 10.2 Å². The largest absolute Gasteiger partial charge is 0.324 e. The quantitative estimate of drug-likeness (QED) is 0.672. The van der Waals surface area contributed by atoms with Gasteiger partial charge in [0.25, 0.3) is 0 Å². The Morgan fingerprint density at radius 2 is 2.44 bits per heavy atom. The van der Waals surface area contributed by atoms with Gasteiger partial charge in [-0.15, -0.1) is 0 Å². The van der Waals surface area contributed by atoms with E-state index in [1.165, 1.54) is 11.3 Å². The molecule has 18 heavy (non-hydrogen) atoms. The van der Waals surface area contributed by atoms with Crippen LogP contribution in [0.2, 0.25) is 0 Å². The van der Waals surface area contributed by atoms with Crippen LogP contribution in [0.1, 0.15) is 25.3 Å². The molecule has 1 N–H and O–H groups in total. The fourth-order valence-electron chi connectivity index (χ4n) is 2.29. The maximum atomic E-state index is 10.6. The van der Waals surface area contributed by atoms with Crippen LogP contribution >= 0.6 is 11.3 Å². The fraction of sp³-hybridized carbons (Fsp3) is 0.667. The van der Waals surface area contributed by atoms with Gasteiger partial charge in [-0.1, -0.05) is 11.3 Å². The normalized spacial score (nSPS) is 25.2. The molecule has 2 unspecified atom stereocenters. The zero-order chi connectivity index (χ0) is 13.1. The second kappa shape index (κ2) is 5.77. The van der Waals surface area contributed by atoms with Crippen molar-refractivity contribution in [2.45, 2.75) is 38.4 Å². The van der Waals surface area contributed by atoms with Gasteiger partial charge in [-0.3, -0.25) is 10.1 Å². The molecule has 0 aliphatic carbocycles. The molecule has 2 heterocycles. The van der Waals surface area contributed by atoms with Crippen molar-refractivity contribution in [2.75, 3.05) is 13.6 Å². The first-order valence-electron chi connectivity index (χ1n) is 6.21. The number of nitrogens with zero attached hydrogens (tertiary/aromatic N) is 2. The minimum atomic E-state index is -0.328. The van der Waals surface area contributed by atoms with E-state index in [9.17, 15) is 10.1 Å². The summed E-state index contributed by atoms with van der Waals surface area (Å²) in [6.45, 7) is 4.08. The molecular weight excluding hydrogens is 250 g/mol. The number of nitrogens with one attached hydrogen (secondary N) is 1. The molecule has 5 nitrogen and oxygen atoms in total. The smallest absolute Gasteiger partial charge is 0.310 e. The topological polar surface area (TPSA) is 58.4 Å². The number of hydrogen-bond acceptors (Lipinski definition) is 5. The molecule has 0 aromatic carbocycles. The van der Waals surface area contributed by atoms with Crippen LogP contribution in [-0.2, 0) is 6.54 Å². The van der Waals surface area contributed by atoms with E-state index in [0.717, 1.165) is 31.5 Å². The summed E-state index contributed by atoms with van der Waals surface area (Å²) in [6.07, 6.45) is 2.29. The van der Waals surface area contributed by atoms with Gasteiger partial charge in [-0.05, 0) is 38.9 Å². The van der Waals surface area contributed by atoms with E-state index in [1.807, 2.05) is 5.38 Å². The molecule has 1 aromatic heterocycles. The van der Waals surface area contributed by atoms with E-state index in [2.05, 4.69) is 24.2 Å². The molecule has 1 fully saturated rings. The molecule has 1 aliphatic rings. The van der Waals surface area contributed by atoms with Crippen molar-refractivity contribution in [1.29, 1.82) is 0 Å². The third-order valence-electron chi connectivity index (χ3n) is 3.62. The lowest BCUT2D eigenvalue weighted by molar-refractivity contribution is -0.380. The summed E-state index contributed by atoms with van der Waals surface area (Å²) in [4.78, 5) is 12.6. The Balaban J connectivity index is 1.82. The van der Waals surface area contributed by atoms with Gasteiger partial charge in [-0.2, -0.15) is 0 Å². The van der Waals surface area contributed by atoms with E-state index in [4.69, 9.17) is 0 Å². The Kier molecular flexibility index (Phi) is 4.31. The van der Waals surface area contributed by atoms with Crippen LogP contribution in [-0.4, -0.2) is 35.5 Å². The molecule has 0 saturated carbocycles. The monoisotopic (exact) mass is 269 g/mol. The molecular formula is C12H19N3O2S. The first kappa shape index (κ1) is 13.5. The molecule has 0 radical (unpaired) electrons. The van der Waals surface area contributed by atoms with Gasteiger partial charge in [0.15, 0.2) is 0 Å². The minimum Gasteiger partial charge on any atom is -0.310 e. The van der Waals surface area contributed by atoms with Crippen LogP contribution in [0.25, 0.3) is 0 Å². The first-order valence-corrected chi connectivity index (χ1v) is 7.09. The number of likely N-dealkylation sites (tertiary alicyclic amines) is 1. The third kappa shape index (κ3) is 3.28. The Morgan fingerprint density at radius 3 is 3.06 bits per heavy atom. The lowest BCUT2D eigenvalue weighted by atomic mass is 9.99. The molecule has 2 rings (SSSR count). The van der Waals surface area contributed by atoms with Crippen LogP contribution < -0.4 is 5.32 Å². The summed E-state index contributed by atoms with van der Waals surface area (Å²) >= 11 is 1.20. The number of piperidine rings is 1. The summed E-state index contributed by atoms with van der Waals surface area (Å²) in [5.74, 6) is 0. The fourth-order valence-corrected chi connectivity index (χ4v) is 3.02. The zero-order valence-corrected chi connectivity index (χ0v) is 11.6. The van der Waals surface area contributed by atoms with Crippen molar-refractivity contribution in [3.63, 3.8) is 0 Å². The van der Waals surface area contributed by atoms with Crippen LogP contribution in [0, 0.1) is 10.1 Å². The molecule has 1 aliphatic heterocycles. The minimum absolute atomic E-state index is 0.226. The lowest BCUT2D eigenvalue weighted by Crippen LogP contribution is -2.45. The number of thiophene rings is 1. The maximum Gasteiger partial charge on any atom is 0.324 e. The zero-order valence-electron chi connectivity index (χ0n) is 10.8. The molecule has 0 amide bonds. The highest BCUT2D eigenvalue weighted by molar-refractivity contribution is 7.13. The highest BCUT2D eigenvalue weighted by Crippen LogP contribution is 2.23. The summed E-state index contributed by atoms with van der Waals surface area (Å²) in [5, 5.41) is 16.2. The van der Waals surface area contributed by atoms with Crippen molar-refractivity contribution < 1.29 is 4.92 Å². The number of nitro groups is 1. The van der Waals surface area contributed by atoms with Crippen molar-refractivity contribution in [3.8, 4) is 0 Å². The molecule has 1 aromatic rings. The summed E-state index contributed by atoms with van der Waals surface area (Å²) < 4.78 is 0. The molecule has 1 saturated heterocycles. The van der Waals surface area contributed by atoms with Gasteiger partial charge in [0.1, 0.15) is 0 Å². The van der Waals surface area contributed by atoms with Gasteiger partial charge in [0.05, 0.1) is 4.92 Å². The van der Waals surface area contributed by atoms with Crippen molar-refractivity contribution in [2.24, 2.45) is 0 Å². The maximum absolute atomic E-state index is 10.6. The van der Waals surface area contributed by atoms with Gasteiger partial charge in [-0.25, -0.2) is 0 Å². The molecule has 100 valence electrons. The van der Waals surface area contributed by atoms with Gasteiger partial charge >= 0.3 is 5.00 Å². The number of rotatable bonds is 4. The standard InChI is InChI=1S/C12H19N3O2S/c1-9-5-11(3-4-14(9)2)13-7-10-6-12(15(16)17)18-8-10/h6,8-9,11,13H,3-5,7H2,1-2H3. The molecule has 0 bridgehead atoms. The van der Waals surface area contributed by atoms with Crippen molar-refractivity contribution in [1.82, 2.24) is 10.2 Å². The van der Waals surface area contributed by atoms with Gasteiger partial charge in [0, 0.05) is 30.1 Å². The average molecular weight is 269 g/mol. The lowest BCUT2D eigenvalue weighted by Gasteiger charge is -2.35. The predicted molar refractivity (Wildman–Crippen MR) is 72.9 cm³/mol. The van der Waals surface area contributed by atoms with Crippen LogP contribution in [0.5, 0.6) is 0 Å². The Labute approximate surface area is 111 Å². The SMILES string of the molecule is CC1CC(NCc2csc([N+](=O)[O-])c2)CCN1C. The first-order chi connectivity index (χ1) is 8.56. The van der Waals surface area contributed by atoms with E-state index >= 15 is 0 Å². The van der Waals surface area contributed by atoms with E-state index in [0.29, 0.717) is 12.1 Å². The Bertz CT molecular complexity index is 421. The van der Waals surface area contributed by atoms with E-state index in [1.54, 1.807) is 6.07 Å². The van der Waals surface area contributed by atoms with Crippen LogP contribution in [0.3, 0.4) is 0 Å². The summed E-state index contributed by atoms with van der Waals surface area (Å²) in [7, 11) is 2.16. The van der Waals surface area contributed by atoms with Crippen molar-refractivity contribution in [3.05, 3.63) is 27.1 Å². The molecule has 0 spiro atoms. The Morgan fingerprint density at radius 1 is 1.67 bits per heavy atom. The van der Waals surface area contributed by atoms with E-state index < -0.39 is 0 Å². The molecule has 6 heteroatoms. The number of hydrogen-bond donors (Lipinski definition) is 1. The molecule has 2 atom stereocenters. The van der Waals surface area contributed by atoms with E-state index in [-0.39, 0.29) is 9.92 Å². The summed E-state index contributed by atoms with van der Waals surface area (Å²) in [6, 6.07) is 2.79. The Hall–Kier alpha value is -0.980. The second-order valence-electron chi connectivity index (χ2n) is 4.98. The van der Waals surface area contributed by atoms with Crippen LogP contribution in [0.15, 0.2) is 11.4 Å². The highest BCUT2D eigenvalue weighted by atomic mass is 32.1. The highest BCUT2D eigenvalue weighted by Gasteiger charge is 2.22. The second-order valence-corrected chi connectivity index (χ2v) is 5.87. The van der Waals surface area contributed by atoms with Crippen LogP contribution in [0.4, 0.5) is 5.00 Å². The predicted octanol–water partition coefficient (Wildman–Crippen LogP) is 2.23. The third-order valence-corrected chi connectivity index (χ3v) is 4.55. The average Bonchev–Trinajstić information content (AvgIpc) is 2.79. The van der Waals surface area contributed by atoms with Gasteiger partial charge in [0.2, 0.25) is 0 Å².